The van der Waals surface area contributed by atoms with Gasteiger partial charge in [0.05, 0.1) is 33.1 Å². The maximum atomic E-state index is 12.4. The van der Waals surface area contributed by atoms with Crippen LogP contribution in [-0.4, -0.2) is 33.0 Å². The third-order valence-corrected chi connectivity index (χ3v) is 6.07. The van der Waals surface area contributed by atoms with E-state index in [1.807, 2.05) is 35.8 Å². The van der Waals surface area contributed by atoms with Crippen molar-refractivity contribution in [3.8, 4) is 17.1 Å². The molecule has 0 saturated carbocycles. The van der Waals surface area contributed by atoms with Crippen LogP contribution in [0.5, 0.6) is 5.75 Å². The maximum Gasteiger partial charge on any atom is 0.234 e. The van der Waals surface area contributed by atoms with Gasteiger partial charge in [0.15, 0.2) is 11.0 Å². The molecule has 2 aromatic carbocycles. The number of halogens is 3. The Hall–Kier alpha value is -2.19. The quantitative estimate of drug-likeness (QED) is 0.216. The van der Waals surface area contributed by atoms with Crippen LogP contribution >= 0.6 is 46.6 Å². The molecule has 6 nitrogen and oxygen atoms in total. The molecule has 3 aromatic rings. The van der Waals surface area contributed by atoms with Crippen LogP contribution < -0.4 is 10.1 Å². The second-order valence-corrected chi connectivity index (χ2v) is 8.41. The lowest BCUT2D eigenvalue weighted by atomic mass is 10.2. The summed E-state index contributed by atoms with van der Waals surface area (Å²) in [5.74, 6) is 1.31. The molecule has 0 aliphatic carbocycles. The fourth-order valence-corrected chi connectivity index (χ4v) is 4.05. The van der Waals surface area contributed by atoms with Crippen LogP contribution in [0.15, 0.2) is 54.2 Å². The number of rotatable bonds is 9. The number of allylic oxidation sites excluding steroid dienone is 1. The molecular weight excluding hydrogens is 479 g/mol. The molecule has 0 aliphatic heterocycles. The van der Waals surface area contributed by atoms with Crippen molar-refractivity contribution in [2.75, 3.05) is 17.7 Å². The number of hydrogen-bond donors (Lipinski definition) is 1. The normalized spacial score (nSPS) is 10.7. The van der Waals surface area contributed by atoms with Gasteiger partial charge in [0.2, 0.25) is 5.91 Å². The maximum absolute atomic E-state index is 12.4. The molecule has 0 saturated heterocycles. The van der Waals surface area contributed by atoms with Crippen LogP contribution in [0.4, 0.5) is 5.69 Å². The van der Waals surface area contributed by atoms with Gasteiger partial charge >= 0.3 is 0 Å². The molecule has 0 bridgehead atoms. The Labute approximate surface area is 199 Å². The van der Waals surface area contributed by atoms with E-state index in [0.717, 1.165) is 11.3 Å². The Bertz CT molecular complexity index is 1090. The fraction of sp³-hybridized carbons (Fsp3) is 0.190. The first-order valence-electron chi connectivity index (χ1n) is 9.27. The summed E-state index contributed by atoms with van der Waals surface area (Å²) >= 11 is 19.3. The second-order valence-electron chi connectivity index (χ2n) is 6.25. The molecule has 0 radical (unpaired) electrons. The van der Waals surface area contributed by atoms with Crippen molar-refractivity contribution in [1.82, 2.24) is 14.8 Å². The second kappa shape index (κ2) is 10.9. The molecule has 1 amide bonds. The van der Waals surface area contributed by atoms with Crippen molar-refractivity contribution in [3.63, 3.8) is 0 Å². The predicted octanol–water partition coefficient (Wildman–Crippen LogP) is 6.22. The predicted molar refractivity (Wildman–Crippen MR) is 128 cm³/mol. The van der Waals surface area contributed by atoms with Gasteiger partial charge in [-0.15, -0.1) is 16.8 Å². The lowest BCUT2D eigenvalue weighted by molar-refractivity contribution is -0.113. The van der Waals surface area contributed by atoms with Crippen molar-refractivity contribution in [2.24, 2.45) is 0 Å². The molecule has 1 heterocycles. The first-order chi connectivity index (χ1) is 14.9. The highest BCUT2D eigenvalue weighted by Crippen LogP contribution is 2.32. The van der Waals surface area contributed by atoms with Crippen molar-refractivity contribution in [1.29, 1.82) is 0 Å². The first-order valence-corrected chi connectivity index (χ1v) is 11.4. The highest BCUT2D eigenvalue weighted by Gasteiger charge is 2.16. The number of carbonyl (C=O) groups is 1. The van der Waals surface area contributed by atoms with E-state index in [1.54, 1.807) is 6.08 Å². The Morgan fingerprint density at radius 3 is 2.55 bits per heavy atom. The summed E-state index contributed by atoms with van der Waals surface area (Å²) in [5.41, 5.74) is 1.28. The Balaban J connectivity index is 1.72. The highest BCUT2D eigenvalue weighted by atomic mass is 35.5. The van der Waals surface area contributed by atoms with Crippen LogP contribution in [0.1, 0.15) is 6.92 Å². The Morgan fingerprint density at radius 1 is 1.16 bits per heavy atom. The van der Waals surface area contributed by atoms with Crippen molar-refractivity contribution in [3.05, 3.63) is 64.1 Å². The van der Waals surface area contributed by atoms with Crippen LogP contribution in [0.2, 0.25) is 15.1 Å². The lowest BCUT2D eigenvalue weighted by Gasteiger charge is -2.10. The molecule has 10 heteroatoms. The van der Waals surface area contributed by atoms with Crippen LogP contribution in [0.25, 0.3) is 11.4 Å². The van der Waals surface area contributed by atoms with Gasteiger partial charge in [0.25, 0.3) is 0 Å². The largest absolute Gasteiger partial charge is 0.494 e. The monoisotopic (exact) mass is 496 g/mol. The molecule has 1 N–H and O–H groups in total. The zero-order valence-corrected chi connectivity index (χ0v) is 19.7. The van der Waals surface area contributed by atoms with Gasteiger partial charge in [-0.05, 0) is 43.3 Å². The van der Waals surface area contributed by atoms with Crippen LogP contribution in [0, 0.1) is 0 Å². The number of hydrogen-bond acceptors (Lipinski definition) is 5. The molecule has 3 rings (SSSR count). The van der Waals surface area contributed by atoms with Gasteiger partial charge < -0.3 is 10.1 Å². The minimum atomic E-state index is -0.263. The van der Waals surface area contributed by atoms with E-state index < -0.39 is 0 Å². The lowest BCUT2D eigenvalue weighted by Crippen LogP contribution is -2.15. The van der Waals surface area contributed by atoms with E-state index in [2.05, 4.69) is 22.1 Å². The standard InChI is InChI=1S/C21H19Cl3N4O2S/c1-3-9-28-20(13-5-7-14(8-6-13)30-4-2)26-27-21(28)31-12-19(29)25-18-11-16(23)15(22)10-17(18)24/h3,5-8,10-11H,1,4,9,12H2,2H3,(H,25,29). The van der Waals surface area contributed by atoms with Gasteiger partial charge in [-0.2, -0.15) is 0 Å². The number of benzene rings is 2. The molecule has 162 valence electrons. The highest BCUT2D eigenvalue weighted by molar-refractivity contribution is 7.99. The topological polar surface area (TPSA) is 69.0 Å². The summed E-state index contributed by atoms with van der Waals surface area (Å²) in [6.45, 7) is 6.84. The minimum absolute atomic E-state index is 0.106. The molecule has 0 spiro atoms. The SMILES string of the molecule is C=CCn1c(SCC(=O)Nc2cc(Cl)c(Cl)cc2Cl)nnc1-c1ccc(OCC)cc1. The van der Waals surface area contributed by atoms with E-state index in [1.165, 1.54) is 23.9 Å². The van der Waals surface area contributed by atoms with Gasteiger partial charge in [-0.1, -0.05) is 52.6 Å². The first kappa shape index (κ1) is 23.5. The van der Waals surface area contributed by atoms with Gasteiger partial charge in [0.1, 0.15) is 5.75 Å². The number of carbonyl (C=O) groups excluding carboxylic acids is 1. The van der Waals surface area contributed by atoms with E-state index >= 15 is 0 Å². The average molecular weight is 498 g/mol. The zero-order chi connectivity index (χ0) is 22.4. The summed E-state index contributed by atoms with van der Waals surface area (Å²) in [7, 11) is 0. The molecule has 1 aromatic heterocycles. The number of anilines is 1. The van der Waals surface area contributed by atoms with Gasteiger partial charge in [-0.3, -0.25) is 9.36 Å². The molecule has 31 heavy (non-hydrogen) atoms. The molecule has 0 aliphatic rings. The summed E-state index contributed by atoms with van der Waals surface area (Å²) in [5, 5.41) is 12.8. The molecule has 0 unspecified atom stereocenters. The molecular formula is C21H19Cl3N4O2S. The smallest absolute Gasteiger partial charge is 0.234 e. The summed E-state index contributed by atoms with van der Waals surface area (Å²) in [6.07, 6.45) is 1.75. The van der Waals surface area contributed by atoms with Gasteiger partial charge in [-0.25, -0.2) is 0 Å². The van der Waals surface area contributed by atoms with E-state index in [-0.39, 0.29) is 11.7 Å². The summed E-state index contributed by atoms with van der Waals surface area (Å²) in [6, 6.07) is 10.6. The van der Waals surface area contributed by atoms with E-state index in [4.69, 9.17) is 39.5 Å². The number of ether oxygens (including phenoxy) is 1. The van der Waals surface area contributed by atoms with Crippen molar-refractivity contribution >= 4 is 58.2 Å². The third-order valence-electron chi connectivity index (χ3n) is 4.07. The zero-order valence-electron chi connectivity index (χ0n) is 16.6. The number of nitrogens with zero attached hydrogens (tertiary/aromatic N) is 3. The summed E-state index contributed by atoms with van der Waals surface area (Å²) < 4.78 is 7.38. The fourth-order valence-electron chi connectivity index (χ4n) is 2.70. The van der Waals surface area contributed by atoms with E-state index in [9.17, 15) is 4.79 Å². The van der Waals surface area contributed by atoms with Gasteiger partial charge in [0, 0.05) is 12.1 Å². The number of thioether (sulfide) groups is 1. The average Bonchev–Trinajstić information content (AvgIpc) is 3.14. The molecule has 0 atom stereocenters. The Morgan fingerprint density at radius 2 is 1.87 bits per heavy atom. The Kier molecular flexibility index (Phi) is 8.26. The van der Waals surface area contributed by atoms with Crippen molar-refractivity contribution < 1.29 is 9.53 Å². The number of aromatic nitrogens is 3. The number of nitrogens with one attached hydrogen (secondary N) is 1. The van der Waals surface area contributed by atoms with Crippen LogP contribution in [0.3, 0.4) is 0 Å². The third kappa shape index (κ3) is 5.95. The molecule has 0 fully saturated rings. The van der Waals surface area contributed by atoms with Crippen molar-refractivity contribution in [2.45, 2.75) is 18.6 Å². The van der Waals surface area contributed by atoms with E-state index in [0.29, 0.717) is 44.9 Å². The number of amides is 1. The summed E-state index contributed by atoms with van der Waals surface area (Å²) in [4.78, 5) is 12.4. The minimum Gasteiger partial charge on any atom is -0.494 e. The van der Waals surface area contributed by atoms with Crippen LogP contribution in [-0.2, 0) is 11.3 Å².